The van der Waals surface area contributed by atoms with E-state index in [2.05, 4.69) is 15.4 Å². The van der Waals surface area contributed by atoms with Gasteiger partial charge in [0, 0.05) is 13.0 Å². The largest absolute Gasteiger partial charge is 0.444 e. The first-order valence-corrected chi connectivity index (χ1v) is 5.88. The van der Waals surface area contributed by atoms with Crippen molar-refractivity contribution in [2.75, 3.05) is 5.32 Å². The number of amides is 1. The molecule has 0 aromatic carbocycles. The Hall–Kier alpha value is -1.59. The van der Waals surface area contributed by atoms with Crippen LogP contribution in [0.3, 0.4) is 0 Å². The number of carbonyl (C=O) groups is 1. The molecule has 0 aliphatic carbocycles. The van der Waals surface area contributed by atoms with Crippen LogP contribution in [0.1, 0.15) is 39.4 Å². The van der Waals surface area contributed by atoms with Crippen molar-refractivity contribution in [3.05, 3.63) is 5.82 Å². The lowest BCUT2D eigenvalue weighted by molar-refractivity contribution is 0.0634. The molecule has 0 radical (unpaired) electrons. The second-order valence-electron chi connectivity index (χ2n) is 5.16. The third kappa shape index (κ3) is 3.18. The maximum atomic E-state index is 11.5. The summed E-state index contributed by atoms with van der Waals surface area (Å²) in [6.07, 6.45) is 2.65. The lowest BCUT2D eigenvalue weighted by Gasteiger charge is -2.18. The number of carbonyl (C=O) groups excluding carboxylic acids is 1. The van der Waals surface area contributed by atoms with Crippen molar-refractivity contribution >= 4 is 12.0 Å². The van der Waals surface area contributed by atoms with Gasteiger partial charge >= 0.3 is 6.09 Å². The van der Waals surface area contributed by atoms with E-state index in [1.54, 1.807) is 0 Å². The molecular formula is C11H18N4O2. The van der Waals surface area contributed by atoms with Crippen LogP contribution in [-0.4, -0.2) is 26.5 Å². The molecule has 1 aliphatic heterocycles. The van der Waals surface area contributed by atoms with Gasteiger partial charge in [0.1, 0.15) is 11.4 Å². The molecule has 6 heteroatoms. The Morgan fingerprint density at radius 1 is 1.41 bits per heavy atom. The second-order valence-corrected chi connectivity index (χ2v) is 5.16. The normalized spacial score (nSPS) is 15.2. The molecule has 0 saturated carbocycles. The Morgan fingerprint density at radius 2 is 2.18 bits per heavy atom. The zero-order chi connectivity index (χ0) is 12.5. The Bertz CT molecular complexity index is 396. The number of nitrogens with one attached hydrogen (secondary N) is 1. The molecule has 2 heterocycles. The Kier molecular flexibility index (Phi) is 3.04. The van der Waals surface area contributed by atoms with Gasteiger partial charge in [-0.3, -0.25) is 5.32 Å². The monoisotopic (exact) mass is 238 g/mol. The fourth-order valence-electron chi connectivity index (χ4n) is 1.73. The zero-order valence-electron chi connectivity index (χ0n) is 10.5. The van der Waals surface area contributed by atoms with Crippen molar-refractivity contribution in [3.8, 4) is 0 Å². The van der Waals surface area contributed by atoms with Crippen molar-refractivity contribution in [1.82, 2.24) is 14.8 Å². The molecule has 0 atom stereocenters. The fraction of sp³-hybridized carbons (Fsp3) is 0.727. The smallest absolute Gasteiger partial charge is 0.414 e. The molecule has 17 heavy (non-hydrogen) atoms. The molecule has 0 saturated heterocycles. The van der Waals surface area contributed by atoms with Crippen molar-refractivity contribution in [2.24, 2.45) is 0 Å². The van der Waals surface area contributed by atoms with E-state index in [1.807, 2.05) is 25.5 Å². The first-order valence-electron chi connectivity index (χ1n) is 5.88. The average Bonchev–Trinajstić information content (AvgIpc) is 2.55. The summed E-state index contributed by atoms with van der Waals surface area (Å²) in [5.41, 5.74) is -0.510. The number of anilines is 1. The number of aryl methyl sites for hydroxylation is 2. The molecule has 1 aromatic rings. The lowest BCUT2D eigenvalue weighted by Crippen LogP contribution is -2.27. The van der Waals surface area contributed by atoms with E-state index in [-0.39, 0.29) is 0 Å². The number of rotatable bonds is 1. The molecule has 1 N–H and O–H groups in total. The van der Waals surface area contributed by atoms with Gasteiger partial charge in [-0.15, -0.1) is 5.10 Å². The van der Waals surface area contributed by atoms with Crippen molar-refractivity contribution < 1.29 is 9.53 Å². The number of ether oxygens (including phenoxy) is 1. The highest BCUT2D eigenvalue weighted by Gasteiger charge is 2.19. The number of aromatic nitrogens is 3. The third-order valence-corrected chi connectivity index (χ3v) is 2.38. The van der Waals surface area contributed by atoms with Gasteiger partial charge < -0.3 is 4.74 Å². The molecule has 1 aliphatic rings. The molecule has 1 aromatic heterocycles. The first kappa shape index (κ1) is 11.9. The van der Waals surface area contributed by atoms with E-state index in [0.717, 1.165) is 31.6 Å². The summed E-state index contributed by atoms with van der Waals surface area (Å²) in [5, 5.41) is 6.77. The van der Waals surface area contributed by atoms with E-state index in [1.165, 1.54) is 0 Å². The van der Waals surface area contributed by atoms with Gasteiger partial charge in [0.15, 0.2) is 0 Å². The van der Waals surface area contributed by atoms with Crippen LogP contribution in [0.25, 0.3) is 0 Å². The molecule has 94 valence electrons. The lowest BCUT2D eigenvalue weighted by atomic mass is 10.2. The molecule has 6 nitrogen and oxygen atoms in total. The van der Waals surface area contributed by atoms with Gasteiger partial charge in [0.05, 0.1) is 0 Å². The average molecular weight is 238 g/mol. The zero-order valence-corrected chi connectivity index (χ0v) is 10.5. The van der Waals surface area contributed by atoms with Crippen molar-refractivity contribution in [2.45, 2.75) is 52.2 Å². The first-order chi connectivity index (χ1) is 7.94. The molecule has 1 amide bonds. The maximum Gasteiger partial charge on any atom is 0.414 e. The number of fused-ring (bicyclic) bond motifs is 1. The van der Waals surface area contributed by atoms with E-state index in [9.17, 15) is 4.79 Å². The molecule has 0 unspecified atom stereocenters. The molecule has 2 rings (SSSR count). The van der Waals surface area contributed by atoms with Gasteiger partial charge in [0.2, 0.25) is 0 Å². The molecular weight excluding hydrogens is 220 g/mol. The summed E-state index contributed by atoms with van der Waals surface area (Å²) in [7, 11) is 0. The van der Waals surface area contributed by atoms with Crippen LogP contribution in [0.4, 0.5) is 10.7 Å². The van der Waals surface area contributed by atoms with Crippen molar-refractivity contribution in [1.29, 1.82) is 0 Å². The summed E-state index contributed by atoms with van der Waals surface area (Å²) in [5.74, 6) is 1.26. The second kappa shape index (κ2) is 4.35. The SMILES string of the molecule is CC(C)(C)OC(=O)Nc1nc2n(n1)CCCC2. The Labute approximate surface area is 100 Å². The van der Waals surface area contributed by atoms with Crippen LogP contribution >= 0.6 is 0 Å². The highest BCUT2D eigenvalue weighted by atomic mass is 16.6. The highest BCUT2D eigenvalue weighted by Crippen LogP contribution is 2.14. The van der Waals surface area contributed by atoms with Crippen LogP contribution in [0.5, 0.6) is 0 Å². The van der Waals surface area contributed by atoms with Crippen LogP contribution in [0.15, 0.2) is 0 Å². The minimum absolute atomic E-state index is 0.330. The summed E-state index contributed by atoms with van der Waals surface area (Å²) in [6, 6.07) is 0. The number of nitrogens with zero attached hydrogens (tertiary/aromatic N) is 3. The van der Waals surface area contributed by atoms with Crippen LogP contribution < -0.4 is 5.32 Å². The van der Waals surface area contributed by atoms with Gasteiger partial charge in [-0.2, -0.15) is 4.98 Å². The summed E-state index contributed by atoms with van der Waals surface area (Å²) in [4.78, 5) is 15.8. The van der Waals surface area contributed by atoms with Crippen LogP contribution in [0, 0.1) is 0 Å². The van der Waals surface area contributed by atoms with Gasteiger partial charge in [-0.1, -0.05) is 0 Å². The Balaban J connectivity index is 1.99. The minimum atomic E-state index is -0.513. The summed E-state index contributed by atoms with van der Waals surface area (Å²) < 4.78 is 6.98. The number of hydrogen-bond donors (Lipinski definition) is 1. The summed E-state index contributed by atoms with van der Waals surface area (Å²) >= 11 is 0. The van der Waals surface area contributed by atoms with Gasteiger partial charge in [0.25, 0.3) is 5.95 Å². The molecule has 0 bridgehead atoms. The van der Waals surface area contributed by atoms with Crippen molar-refractivity contribution in [3.63, 3.8) is 0 Å². The van der Waals surface area contributed by atoms with E-state index in [4.69, 9.17) is 4.74 Å². The topological polar surface area (TPSA) is 69.0 Å². The third-order valence-electron chi connectivity index (χ3n) is 2.38. The minimum Gasteiger partial charge on any atom is -0.444 e. The van der Waals surface area contributed by atoms with Gasteiger partial charge in [-0.05, 0) is 33.6 Å². The van der Waals surface area contributed by atoms with Crippen LogP contribution in [-0.2, 0) is 17.7 Å². The number of hydrogen-bond acceptors (Lipinski definition) is 4. The quantitative estimate of drug-likeness (QED) is 0.812. The molecule has 0 fully saturated rings. The van der Waals surface area contributed by atoms with E-state index < -0.39 is 11.7 Å². The predicted octanol–water partition coefficient (Wildman–Crippen LogP) is 1.96. The van der Waals surface area contributed by atoms with Crippen LogP contribution in [0.2, 0.25) is 0 Å². The molecule has 0 spiro atoms. The van der Waals surface area contributed by atoms with E-state index in [0.29, 0.717) is 5.95 Å². The van der Waals surface area contributed by atoms with E-state index >= 15 is 0 Å². The summed E-state index contributed by atoms with van der Waals surface area (Å²) in [6.45, 7) is 6.33. The highest BCUT2D eigenvalue weighted by molar-refractivity contribution is 5.82. The standard InChI is InChI=1S/C11H18N4O2/c1-11(2,3)17-10(16)13-9-12-8-6-4-5-7-15(8)14-9/h4-7H2,1-3H3,(H,13,14,16). The maximum absolute atomic E-state index is 11.5. The van der Waals surface area contributed by atoms with Gasteiger partial charge in [-0.25, -0.2) is 9.48 Å². The predicted molar refractivity (Wildman–Crippen MR) is 62.8 cm³/mol. The Morgan fingerprint density at radius 3 is 2.82 bits per heavy atom. The fourth-order valence-corrected chi connectivity index (χ4v) is 1.73.